The second-order valence-corrected chi connectivity index (χ2v) is 4.98. The molecular weight excluding hydrogens is 192 g/mol. The molecule has 0 spiro atoms. The molecule has 2 N–H and O–H groups in total. The van der Waals surface area contributed by atoms with E-state index < -0.39 is 5.54 Å². The lowest BCUT2D eigenvalue weighted by atomic mass is 9.70. The number of carbonyl (C=O) groups is 2. The minimum absolute atomic E-state index is 0.161. The summed E-state index contributed by atoms with van der Waals surface area (Å²) in [5, 5.41) is 5.12. The molecule has 1 saturated heterocycles. The topological polar surface area (TPSA) is 58.2 Å². The van der Waals surface area contributed by atoms with E-state index in [-0.39, 0.29) is 17.9 Å². The molecule has 4 nitrogen and oxygen atoms in total. The molecule has 0 aromatic heterocycles. The normalized spacial score (nSPS) is 41.2. The summed E-state index contributed by atoms with van der Waals surface area (Å²) in [5.41, 5.74) is -0.684. The van der Waals surface area contributed by atoms with Gasteiger partial charge in [-0.2, -0.15) is 0 Å². The number of nitrogens with one attached hydrogen (secondary N) is 2. The van der Waals surface area contributed by atoms with Crippen LogP contribution in [0.3, 0.4) is 0 Å². The van der Waals surface area contributed by atoms with Crippen LogP contribution in [0.15, 0.2) is 0 Å². The third kappa shape index (κ3) is 1.62. The Hall–Kier alpha value is -1.06. The monoisotopic (exact) mass is 210 g/mol. The summed E-state index contributed by atoms with van der Waals surface area (Å²) in [6.07, 6.45) is 4.59. The maximum Gasteiger partial charge on any atom is 0.322 e. The van der Waals surface area contributed by atoms with Crippen LogP contribution in [0.25, 0.3) is 0 Å². The molecule has 2 aliphatic rings. The van der Waals surface area contributed by atoms with Gasteiger partial charge < -0.3 is 5.32 Å². The van der Waals surface area contributed by atoms with Gasteiger partial charge in [0.05, 0.1) is 0 Å². The van der Waals surface area contributed by atoms with Crippen LogP contribution in [0.5, 0.6) is 0 Å². The Bertz CT molecular complexity index is 303. The van der Waals surface area contributed by atoms with Crippen LogP contribution in [-0.4, -0.2) is 17.5 Å². The summed E-state index contributed by atoms with van der Waals surface area (Å²) < 4.78 is 0. The minimum Gasteiger partial charge on any atom is -0.323 e. The molecule has 3 atom stereocenters. The predicted octanol–water partition coefficient (Wildman–Crippen LogP) is 1.41. The molecule has 0 aromatic rings. The largest absolute Gasteiger partial charge is 0.323 e. The number of carbonyl (C=O) groups excluding carboxylic acids is 2. The van der Waals surface area contributed by atoms with Crippen molar-refractivity contribution in [3.05, 3.63) is 0 Å². The molecule has 4 heteroatoms. The van der Waals surface area contributed by atoms with Crippen molar-refractivity contribution in [2.24, 2.45) is 11.8 Å². The van der Waals surface area contributed by atoms with E-state index in [1.165, 1.54) is 6.42 Å². The molecule has 0 radical (unpaired) electrons. The van der Waals surface area contributed by atoms with Crippen LogP contribution in [0, 0.1) is 11.8 Å². The highest BCUT2D eigenvalue weighted by Gasteiger charge is 2.49. The second kappa shape index (κ2) is 3.51. The maximum atomic E-state index is 11.8. The summed E-state index contributed by atoms with van der Waals surface area (Å²) in [7, 11) is 0. The first kappa shape index (κ1) is 10.5. The molecule has 1 heterocycles. The Morgan fingerprint density at radius 3 is 2.47 bits per heavy atom. The van der Waals surface area contributed by atoms with Gasteiger partial charge in [0.1, 0.15) is 5.54 Å². The van der Waals surface area contributed by atoms with Crippen molar-refractivity contribution in [3.63, 3.8) is 0 Å². The van der Waals surface area contributed by atoms with Gasteiger partial charge in [0.2, 0.25) is 0 Å². The van der Waals surface area contributed by atoms with Crippen LogP contribution in [0.2, 0.25) is 0 Å². The number of imide groups is 1. The molecule has 84 valence electrons. The Kier molecular flexibility index (Phi) is 2.44. The number of hydrogen-bond acceptors (Lipinski definition) is 2. The van der Waals surface area contributed by atoms with Gasteiger partial charge in [-0.3, -0.25) is 10.1 Å². The fourth-order valence-electron chi connectivity index (χ4n) is 2.99. The van der Waals surface area contributed by atoms with Crippen LogP contribution in [0.4, 0.5) is 4.79 Å². The van der Waals surface area contributed by atoms with Crippen LogP contribution in [0.1, 0.15) is 39.5 Å². The first-order chi connectivity index (χ1) is 7.04. The zero-order chi connectivity index (χ0) is 11.1. The smallest absolute Gasteiger partial charge is 0.322 e. The van der Waals surface area contributed by atoms with E-state index in [2.05, 4.69) is 17.6 Å². The Morgan fingerprint density at radius 1 is 1.27 bits per heavy atom. The SMILES string of the molecule is CC1CCCCC1C1(C)NC(=O)NC1=O. The lowest BCUT2D eigenvalue weighted by Crippen LogP contribution is -2.53. The van der Waals surface area contributed by atoms with E-state index in [9.17, 15) is 9.59 Å². The van der Waals surface area contributed by atoms with E-state index >= 15 is 0 Å². The van der Waals surface area contributed by atoms with Gasteiger partial charge in [-0.1, -0.05) is 26.2 Å². The summed E-state index contributed by atoms with van der Waals surface area (Å²) >= 11 is 0. The standard InChI is InChI=1S/C11H18N2O2/c1-7-5-3-4-6-8(7)11(2)9(14)12-10(15)13-11/h7-8H,3-6H2,1-2H3,(H2,12,13,14,15). The maximum absolute atomic E-state index is 11.8. The van der Waals surface area contributed by atoms with Crippen molar-refractivity contribution >= 4 is 11.9 Å². The average Bonchev–Trinajstić information content (AvgIpc) is 2.42. The predicted molar refractivity (Wildman–Crippen MR) is 56.2 cm³/mol. The van der Waals surface area contributed by atoms with Gasteiger partial charge in [-0.05, 0) is 25.2 Å². The van der Waals surface area contributed by atoms with Crippen LogP contribution in [-0.2, 0) is 4.79 Å². The third-order valence-corrected chi connectivity index (χ3v) is 3.93. The van der Waals surface area contributed by atoms with Crippen LogP contribution >= 0.6 is 0 Å². The molecule has 1 aliphatic carbocycles. The lowest BCUT2D eigenvalue weighted by Gasteiger charge is -2.38. The van der Waals surface area contributed by atoms with E-state index in [1.54, 1.807) is 0 Å². The number of rotatable bonds is 1. The van der Waals surface area contributed by atoms with Crippen LogP contribution < -0.4 is 10.6 Å². The lowest BCUT2D eigenvalue weighted by molar-refractivity contribution is -0.126. The van der Waals surface area contributed by atoms with Gasteiger partial charge in [0, 0.05) is 0 Å². The summed E-state index contributed by atoms with van der Waals surface area (Å²) in [6.45, 7) is 4.02. The Morgan fingerprint density at radius 2 is 1.93 bits per heavy atom. The van der Waals surface area contributed by atoms with Crippen molar-refractivity contribution in [1.82, 2.24) is 10.6 Å². The van der Waals surface area contributed by atoms with Crippen molar-refractivity contribution in [3.8, 4) is 0 Å². The number of amides is 3. The van der Waals surface area contributed by atoms with Gasteiger partial charge in [-0.25, -0.2) is 4.79 Å². The van der Waals surface area contributed by atoms with Crippen molar-refractivity contribution in [2.75, 3.05) is 0 Å². The highest BCUT2D eigenvalue weighted by atomic mass is 16.2. The van der Waals surface area contributed by atoms with E-state index in [0.29, 0.717) is 5.92 Å². The first-order valence-electron chi connectivity index (χ1n) is 5.67. The number of urea groups is 1. The molecule has 1 saturated carbocycles. The van der Waals surface area contributed by atoms with Crippen molar-refractivity contribution < 1.29 is 9.59 Å². The molecule has 3 amide bonds. The Balaban J connectivity index is 2.20. The van der Waals surface area contributed by atoms with Gasteiger partial charge in [0.15, 0.2) is 0 Å². The summed E-state index contributed by atoms with van der Waals surface area (Å²) in [6, 6.07) is -0.347. The fraction of sp³-hybridized carbons (Fsp3) is 0.818. The summed E-state index contributed by atoms with van der Waals surface area (Å²) in [5.74, 6) is 0.622. The molecule has 0 bridgehead atoms. The molecule has 3 unspecified atom stereocenters. The molecule has 2 fully saturated rings. The molecule has 15 heavy (non-hydrogen) atoms. The van der Waals surface area contributed by atoms with E-state index in [1.807, 2.05) is 6.92 Å². The zero-order valence-corrected chi connectivity index (χ0v) is 9.30. The van der Waals surface area contributed by atoms with Gasteiger partial charge in [-0.15, -0.1) is 0 Å². The first-order valence-corrected chi connectivity index (χ1v) is 5.67. The summed E-state index contributed by atoms with van der Waals surface area (Å²) in [4.78, 5) is 22.9. The molecule has 0 aromatic carbocycles. The number of hydrogen-bond donors (Lipinski definition) is 2. The van der Waals surface area contributed by atoms with Gasteiger partial charge in [0.25, 0.3) is 5.91 Å². The highest BCUT2D eigenvalue weighted by Crippen LogP contribution is 2.38. The van der Waals surface area contributed by atoms with Crippen molar-refractivity contribution in [1.29, 1.82) is 0 Å². The molecular formula is C11H18N2O2. The quantitative estimate of drug-likeness (QED) is 0.643. The van der Waals surface area contributed by atoms with Gasteiger partial charge >= 0.3 is 6.03 Å². The minimum atomic E-state index is -0.684. The Labute approximate surface area is 89.8 Å². The molecule has 1 aliphatic heterocycles. The van der Waals surface area contributed by atoms with E-state index in [0.717, 1.165) is 19.3 Å². The molecule has 2 rings (SSSR count). The zero-order valence-electron chi connectivity index (χ0n) is 9.30. The van der Waals surface area contributed by atoms with Crippen molar-refractivity contribution in [2.45, 2.75) is 45.1 Å². The second-order valence-electron chi connectivity index (χ2n) is 4.98. The van der Waals surface area contributed by atoms with E-state index in [4.69, 9.17) is 0 Å². The highest BCUT2D eigenvalue weighted by molar-refractivity contribution is 6.06. The third-order valence-electron chi connectivity index (χ3n) is 3.93. The average molecular weight is 210 g/mol. The fourth-order valence-corrected chi connectivity index (χ4v) is 2.99.